The van der Waals surface area contributed by atoms with Crippen LogP contribution in [0.25, 0.3) is 0 Å². The van der Waals surface area contributed by atoms with E-state index in [1.54, 1.807) is 11.3 Å². The number of aliphatic hydroxyl groups is 1. The number of rotatable bonds is 7. The third kappa shape index (κ3) is 4.79. The minimum absolute atomic E-state index is 0.0381. The minimum Gasteiger partial charge on any atom is -0.387 e. The second kappa shape index (κ2) is 8.44. The molecule has 8 heteroatoms. The van der Waals surface area contributed by atoms with Crippen molar-refractivity contribution in [1.29, 1.82) is 0 Å². The first-order valence-corrected chi connectivity index (χ1v) is 9.49. The molecule has 136 valence electrons. The van der Waals surface area contributed by atoms with Gasteiger partial charge in [-0.25, -0.2) is 4.79 Å². The highest BCUT2D eigenvalue weighted by Crippen LogP contribution is 2.26. The van der Waals surface area contributed by atoms with Crippen LogP contribution >= 0.6 is 11.3 Å². The Bertz CT molecular complexity index is 694. The normalized spacial score (nSPS) is 14.8. The van der Waals surface area contributed by atoms with Gasteiger partial charge in [-0.2, -0.15) is 4.98 Å². The van der Waals surface area contributed by atoms with Gasteiger partial charge in [-0.1, -0.05) is 18.0 Å². The molecule has 2 N–H and O–H groups in total. The molecule has 3 rings (SSSR count). The molecular weight excluding hydrogens is 340 g/mol. The highest BCUT2D eigenvalue weighted by Gasteiger charge is 2.27. The van der Waals surface area contributed by atoms with Crippen molar-refractivity contribution < 1.29 is 14.4 Å². The number of urea groups is 1. The van der Waals surface area contributed by atoms with Crippen molar-refractivity contribution >= 4 is 17.4 Å². The number of thiophene rings is 1. The monoisotopic (exact) mass is 364 g/mol. The van der Waals surface area contributed by atoms with E-state index in [1.165, 1.54) is 22.6 Å². The lowest BCUT2D eigenvalue weighted by molar-refractivity contribution is 0.172. The summed E-state index contributed by atoms with van der Waals surface area (Å²) < 4.78 is 4.85. The van der Waals surface area contributed by atoms with Gasteiger partial charge in [-0.3, -0.25) is 0 Å². The van der Waals surface area contributed by atoms with Crippen LogP contribution in [-0.2, 0) is 19.6 Å². The Kier molecular flexibility index (Phi) is 6.04. The number of aryl methyl sites for hydroxylation is 1. The van der Waals surface area contributed by atoms with Gasteiger partial charge in [-0.05, 0) is 31.9 Å². The van der Waals surface area contributed by atoms with E-state index in [9.17, 15) is 4.79 Å². The standard InChI is InChI=1S/C17H24N4O3S/c1-12-6-7-14(25-12)10-21(13-4-2-3-5-13)17(23)18-9-8-15-19-16(11-22)24-20-15/h6-7,13,22H,2-5,8-11H2,1H3,(H,18,23). The maximum absolute atomic E-state index is 12.7. The maximum atomic E-state index is 12.7. The van der Waals surface area contributed by atoms with Crippen molar-refractivity contribution in [3.05, 3.63) is 33.6 Å². The largest absolute Gasteiger partial charge is 0.387 e. The third-order valence-corrected chi connectivity index (χ3v) is 5.40. The first-order valence-electron chi connectivity index (χ1n) is 8.68. The lowest BCUT2D eigenvalue weighted by atomic mass is 10.2. The summed E-state index contributed by atoms with van der Waals surface area (Å²) in [4.78, 5) is 21.2. The van der Waals surface area contributed by atoms with E-state index in [0.717, 1.165) is 12.8 Å². The first kappa shape index (κ1) is 17.9. The Morgan fingerprint density at radius 1 is 1.44 bits per heavy atom. The van der Waals surface area contributed by atoms with Crippen LogP contribution in [0.1, 0.15) is 47.2 Å². The summed E-state index contributed by atoms with van der Waals surface area (Å²) in [6, 6.07) is 4.47. The first-order chi connectivity index (χ1) is 12.2. The Hall–Kier alpha value is -1.93. The molecule has 2 amide bonds. The van der Waals surface area contributed by atoms with Gasteiger partial charge in [-0.15, -0.1) is 11.3 Å². The molecule has 0 spiro atoms. The molecule has 0 bridgehead atoms. The zero-order chi connectivity index (χ0) is 17.6. The molecule has 0 radical (unpaired) electrons. The van der Waals surface area contributed by atoms with Crippen LogP contribution < -0.4 is 5.32 Å². The van der Waals surface area contributed by atoms with Crippen LogP contribution in [-0.4, -0.2) is 38.8 Å². The summed E-state index contributed by atoms with van der Waals surface area (Å²) >= 11 is 1.74. The van der Waals surface area contributed by atoms with Gasteiger partial charge >= 0.3 is 6.03 Å². The van der Waals surface area contributed by atoms with Gasteiger partial charge in [0.25, 0.3) is 5.89 Å². The summed E-state index contributed by atoms with van der Waals surface area (Å²) in [6.45, 7) is 2.91. The molecule has 2 aromatic rings. The molecule has 7 nitrogen and oxygen atoms in total. The molecule has 0 saturated heterocycles. The zero-order valence-corrected chi connectivity index (χ0v) is 15.2. The van der Waals surface area contributed by atoms with Crippen LogP contribution in [0, 0.1) is 6.92 Å². The van der Waals surface area contributed by atoms with Gasteiger partial charge in [0.15, 0.2) is 5.82 Å². The lowest BCUT2D eigenvalue weighted by Crippen LogP contribution is -2.45. The average Bonchev–Trinajstić information content (AvgIpc) is 3.34. The second-order valence-electron chi connectivity index (χ2n) is 6.32. The molecule has 2 aromatic heterocycles. The quantitative estimate of drug-likeness (QED) is 0.788. The molecule has 1 fully saturated rings. The van der Waals surface area contributed by atoms with Gasteiger partial charge < -0.3 is 19.8 Å². The summed E-state index contributed by atoms with van der Waals surface area (Å²) in [6.07, 6.45) is 4.99. The molecule has 25 heavy (non-hydrogen) atoms. The van der Waals surface area contributed by atoms with E-state index < -0.39 is 0 Å². The fraction of sp³-hybridized carbons (Fsp3) is 0.588. The second-order valence-corrected chi connectivity index (χ2v) is 7.70. The Morgan fingerprint density at radius 2 is 2.24 bits per heavy atom. The molecule has 2 heterocycles. The SMILES string of the molecule is Cc1ccc(CN(C(=O)NCCc2noc(CO)n2)C2CCCC2)s1. The van der Waals surface area contributed by atoms with Gasteiger partial charge in [0.1, 0.15) is 6.61 Å². The van der Waals surface area contributed by atoms with Crippen LogP contribution in [0.15, 0.2) is 16.7 Å². The molecule has 0 atom stereocenters. The molecule has 0 aromatic carbocycles. The maximum Gasteiger partial charge on any atom is 0.317 e. The Balaban J connectivity index is 1.56. The van der Waals surface area contributed by atoms with E-state index in [1.807, 2.05) is 4.90 Å². The number of nitrogens with zero attached hydrogens (tertiary/aromatic N) is 3. The van der Waals surface area contributed by atoms with Crippen molar-refractivity contribution in [2.24, 2.45) is 0 Å². The van der Waals surface area contributed by atoms with Crippen molar-refractivity contribution in [3.63, 3.8) is 0 Å². The van der Waals surface area contributed by atoms with E-state index in [-0.39, 0.29) is 18.5 Å². The van der Waals surface area contributed by atoms with Crippen molar-refractivity contribution in [2.75, 3.05) is 6.54 Å². The van der Waals surface area contributed by atoms with E-state index >= 15 is 0 Å². The third-order valence-electron chi connectivity index (χ3n) is 4.42. The number of amides is 2. The molecule has 0 unspecified atom stereocenters. The van der Waals surface area contributed by atoms with Gasteiger partial charge in [0.05, 0.1) is 6.54 Å². The van der Waals surface area contributed by atoms with E-state index in [0.29, 0.717) is 31.4 Å². The van der Waals surface area contributed by atoms with Gasteiger partial charge in [0, 0.05) is 28.8 Å². The number of hydrogen-bond donors (Lipinski definition) is 2. The number of aliphatic hydroxyl groups excluding tert-OH is 1. The van der Waals surface area contributed by atoms with Crippen molar-refractivity contribution in [3.8, 4) is 0 Å². The summed E-state index contributed by atoms with van der Waals surface area (Å²) in [5, 5.41) is 15.7. The predicted octanol–water partition coefficient (Wildman–Crippen LogP) is 2.63. The average molecular weight is 364 g/mol. The fourth-order valence-electron chi connectivity index (χ4n) is 3.16. The number of hydrogen-bond acceptors (Lipinski definition) is 6. The number of carbonyl (C=O) groups excluding carboxylic acids is 1. The van der Waals surface area contributed by atoms with E-state index in [2.05, 4.69) is 34.5 Å². The molecule has 1 saturated carbocycles. The molecule has 1 aliphatic carbocycles. The van der Waals surface area contributed by atoms with Crippen molar-refractivity contribution in [2.45, 2.75) is 58.2 Å². The lowest BCUT2D eigenvalue weighted by Gasteiger charge is -2.28. The van der Waals surface area contributed by atoms with Gasteiger partial charge in [0.2, 0.25) is 0 Å². The van der Waals surface area contributed by atoms with Crippen LogP contribution in [0.3, 0.4) is 0 Å². The smallest absolute Gasteiger partial charge is 0.317 e. The molecule has 1 aliphatic rings. The number of aromatic nitrogens is 2. The predicted molar refractivity (Wildman–Crippen MR) is 94.2 cm³/mol. The molecule has 0 aliphatic heterocycles. The fourth-order valence-corrected chi connectivity index (χ4v) is 4.05. The van der Waals surface area contributed by atoms with Crippen LogP contribution in [0.5, 0.6) is 0 Å². The summed E-state index contributed by atoms with van der Waals surface area (Å²) in [7, 11) is 0. The Labute approximate surface area is 151 Å². The van der Waals surface area contributed by atoms with E-state index in [4.69, 9.17) is 9.63 Å². The number of nitrogens with one attached hydrogen (secondary N) is 1. The topological polar surface area (TPSA) is 91.5 Å². The highest BCUT2D eigenvalue weighted by atomic mass is 32.1. The van der Waals surface area contributed by atoms with Crippen LogP contribution in [0.4, 0.5) is 4.79 Å². The van der Waals surface area contributed by atoms with Crippen LogP contribution in [0.2, 0.25) is 0 Å². The summed E-state index contributed by atoms with van der Waals surface area (Å²) in [5.41, 5.74) is 0. The Morgan fingerprint density at radius 3 is 2.88 bits per heavy atom. The summed E-state index contributed by atoms with van der Waals surface area (Å²) in [5.74, 6) is 0.688. The highest BCUT2D eigenvalue weighted by molar-refractivity contribution is 7.11. The number of carbonyl (C=O) groups is 1. The van der Waals surface area contributed by atoms with Crippen molar-refractivity contribution in [1.82, 2.24) is 20.4 Å². The molecular formula is C17H24N4O3S. The zero-order valence-electron chi connectivity index (χ0n) is 14.4. The minimum atomic E-state index is -0.269.